The second kappa shape index (κ2) is 9.57. The molecule has 0 saturated carbocycles. The molecule has 1 saturated heterocycles. The second-order valence-electron chi connectivity index (χ2n) is 7.18. The van der Waals surface area contributed by atoms with Crippen molar-refractivity contribution in [3.05, 3.63) is 76.2 Å². The second-order valence-corrected chi connectivity index (χ2v) is 9.41. The van der Waals surface area contributed by atoms with Crippen LogP contribution in [0, 0.1) is 5.92 Å². The van der Waals surface area contributed by atoms with Crippen LogP contribution >= 0.6 is 11.6 Å². The summed E-state index contributed by atoms with van der Waals surface area (Å²) in [5.41, 5.74) is 1.70. The highest BCUT2D eigenvalue weighted by molar-refractivity contribution is 7.92. The molecular weight excluding hydrogens is 408 g/mol. The number of hydrogen-bond acceptors (Lipinski definition) is 3. The smallest absolute Gasteiger partial charge is 0.236 e. The summed E-state index contributed by atoms with van der Waals surface area (Å²) in [6.45, 7) is 2.56. The Kier molecular flexibility index (Phi) is 7.11. The van der Waals surface area contributed by atoms with Crippen LogP contribution in [-0.2, 0) is 14.8 Å². The van der Waals surface area contributed by atoms with Gasteiger partial charge in [0.15, 0.2) is 0 Å². The Morgan fingerprint density at radius 2 is 1.72 bits per heavy atom. The van der Waals surface area contributed by atoms with Crippen molar-refractivity contribution in [1.29, 1.82) is 0 Å². The van der Waals surface area contributed by atoms with Crippen LogP contribution in [-0.4, -0.2) is 31.7 Å². The number of hydrogen-bond donors (Lipinski definition) is 1. The Bertz CT molecular complexity index is 969. The van der Waals surface area contributed by atoms with Crippen LogP contribution in [0.25, 0.3) is 6.08 Å². The first kappa shape index (κ1) is 21.6. The van der Waals surface area contributed by atoms with Crippen molar-refractivity contribution < 1.29 is 13.2 Å². The molecule has 3 rings (SSSR count). The number of halogens is 1. The highest BCUT2D eigenvalue weighted by Crippen LogP contribution is 2.25. The fourth-order valence-corrected chi connectivity index (χ4v) is 4.94. The number of amides is 1. The summed E-state index contributed by atoms with van der Waals surface area (Å²) in [6.07, 6.45) is 2.60. The third-order valence-electron chi connectivity index (χ3n) is 5.15. The van der Waals surface area contributed by atoms with Crippen molar-refractivity contribution in [3.63, 3.8) is 0 Å². The fraction of sp³-hybridized carbons (Fsp3) is 0.318. The van der Waals surface area contributed by atoms with Crippen molar-refractivity contribution in [1.82, 2.24) is 9.62 Å². The fourth-order valence-electron chi connectivity index (χ4n) is 3.42. The number of carbonyl (C=O) groups is 1. The zero-order valence-corrected chi connectivity index (χ0v) is 17.9. The van der Waals surface area contributed by atoms with E-state index in [9.17, 15) is 13.2 Å². The maximum Gasteiger partial charge on any atom is 0.236 e. The van der Waals surface area contributed by atoms with Gasteiger partial charge >= 0.3 is 0 Å². The van der Waals surface area contributed by atoms with Gasteiger partial charge in [-0.2, -0.15) is 4.31 Å². The van der Waals surface area contributed by atoms with Gasteiger partial charge in [0, 0.05) is 29.4 Å². The molecule has 1 fully saturated rings. The minimum atomic E-state index is -3.50. The summed E-state index contributed by atoms with van der Waals surface area (Å²) in [5.74, 6) is -0.265. The normalized spacial score (nSPS) is 17.3. The predicted octanol–water partition coefficient (Wildman–Crippen LogP) is 4.23. The Morgan fingerprint density at radius 1 is 1.10 bits per heavy atom. The summed E-state index contributed by atoms with van der Waals surface area (Å²) in [5, 5.41) is 4.86. The highest BCUT2D eigenvalue weighted by Gasteiger charge is 2.30. The summed E-state index contributed by atoms with van der Waals surface area (Å²) in [7, 11) is -3.50. The van der Waals surface area contributed by atoms with E-state index in [0.29, 0.717) is 31.0 Å². The zero-order valence-electron chi connectivity index (χ0n) is 16.3. The molecule has 1 aliphatic rings. The standard InChI is InChI=1S/C22H25ClN2O3S/c1-17(20-9-5-6-10-21(20)23)24-22(26)19-11-14-25(15-12-19)29(27,28)16-13-18-7-3-2-4-8-18/h2-10,13,16-17,19H,11-12,14-15H2,1H3,(H,24,26). The summed E-state index contributed by atoms with van der Waals surface area (Å²) >= 11 is 6.20. The molecule has 5 nitrogen and oxygen atoms in total. The molecule has 1 atom stereocenters. The first-order valence-electron chi connectivity index (χ1n) is 9.65. The quantitative estimate of drug-likeness (QED) is 0.742. The molecule has 1 unspecified atom stereocenters. The molecule has 1 N–H and O–H groups in total. The van der Waals surface area contributed by atoms with Crippen LogP contribution in [0.15, 0.2) is 60.0 Å². The predicted molar refractivity (Wildman–Crippen MR) is 117 cm³/mol. The Morgan fingerprint density at radius 3 is 2.38 bits per heavy atom. The number of nitrogens with one attached hydrogen (secondary N) is 1. The highest BCUT2D eigenvalue weighted by atomic mass is 35.5. The van der Waals surface area contributed by atoms with Gasteiger partial charge < -0.3 is 5.32 Å². The van der Waals surface area contributed by atoms with Gasteiger partial charge in [0.1, 0.15) is 0 Å². The zero-order chi connectivity index (χ0) is 20.9. The first-order valence-corrected chi connectivity index (χ1v) is 11.5. The maximum absolute atomic E-state index is 12.6. The SMILES string of the molecule is CC(NC(=O)C1CCN(S(=O)(=O)C=Cc2ccccc2)CC1)c1ccccc1Cl. The molecule has 0 radical (unpaired) electrons. The van der Waals surface area contributed by atoms with E-state index in [1.807, 2.05) is 55.5 Å². The molecule has 0 spiro atoms. The number of nitrogens with zero attached hydrogens (tertiary/aromatic N) is 1. The van der Waals surface area contributed by atoms with Crippen LogP contribution in [0.2, 0.25) is 5.02 Å². The Labute approximate surface area is 177 Å². The van der Waals surface area contributed by atoms with Crippen molar-refractivity contribution in [3.8, 4) is 0 Å². The van der Waals surface area contributed by atoms with Crippen LogP contribution < -0.4 is 5.32 Å². The largest absolute Gasteiger partial charge is 0.349 e. The molecule has 2 aromatic carbocycles. The number of rotatable bonds is 6. The van der Waals surface area contributed by atoms with Crippen molar-refractivity contribution in [2.45, 2.75) is 25.8 Å². The Balaban J connectivity index is 1.55. The van der Waals surface area contributed by atoms with E-state index in [1.165, 1.54) is 9.71 Å². The van der Waals surface area contributed by atoms with Crippen molar-refractivity contribution >= 4 is 33.6 Å². The van der Waals surface area contributed by atoms with Gasteiger partial charge in [-0.3, -0.25) is 4.79 Å². The van der Waals surface area contributed by atoms with Gasteiger partial charge in [0.2, 0.25) is 15.9 Å². The van der Waals surface area contributed by atoms with Crippen molar-refractivity contribution in [2.75, 3.05) is 13.1 Å². The van der Waals surface area contributed by atoms with Gasteiger partial charge in [-0.25, -0.2) is 8.42 Å². The lowest BCUT2D eigenvalue weighted by Crippen LogP contribution is -2.42. The molecule has 7 heteroatoms. The molecule has 0 aliphatic carbocycles. The van der Waals surface area contributed by atoms with Gasteiger partial charge in [-0.15, -0.1) is 0 Å². The lowest BCUT2D eigenvalue weighted by Gasteiger charge is -2.30. The van der Waals surface area contributed by atoms with E-state index in [4.69, 9.17) is 11.6 Å². The lowest BCUT2D eigenvalue weighted by molar-refractivity contribution is -0.126. The molecule has 154 valence electrons. The average molecular weight is 433 g/mol. The maximum atomic E-state index is 12.6. The van der Waals surface area contributed by atoms with E-state index < -0.39 is 10.0 Å². The van der Waals surface area contributed by atoms with E-state index in [2.05, 4.69) is 5.32 Å². The average Bonchev–Trinajstić information content (AvgIpc) is 2.73. The van der Waals surface area contributed by atoms with Gasteiger partial charge in [-0.05, 0) is 43.0 Å². The number of benzene rings is 2. The van der Waals surface area contributed by atoms with Crippen LogP contribution in [0.1, 0.15) is 36.9 Å². The van der Waals surface area contributed by atoms with E-state index in [-0.39, 0.29) is 17.9 Å². The number of piperidine rings is 1. The molecule has 1 aliphatic heterocycles. The minimum absolute atomic E-state index is 0.0608. The molecule has 1 heterocycles. The summed E-state index contributed by atoms with van der Waals surface area (Å²) in [6, 6.07) is 16.5. The minimum Gasteiger partial charge on any atom is -0.349 e. The molecule has 0 bridgehead atoms. The Hall–Kier alpha value is -2.15. The lowest BCUT2D eigenvalue weighted by atomic mass is 9.96. The van der Waals surface area contributed by atoms with Gasteiger partial charge in [-0.1, -0.05) is 60.1 Å². The monoisotopic (exact) mass is 432 g/mol. The van der Waals surface area contributed by atoms with Crippen LogP contribution in [0.3, 0.4) is 0 Å². The first-order chi connectivity index (χ1) is 13.9. The summed E-state index contributed by atoms with van der Waals surface area (Å²) in [4.78, 5) is 12.6. The molecule has 29 heavy (non-hydrogen) atoms. The topological polar surface area (TPSA) is 66.5 Å². The van der Waals surface area contributed by atoms with E-state index in [0.717, 1.165) is 11.1 Å². The molecular formula is C22H25ClN2O3S. The van der Waals surface area contributed by atoms with Crippen LogP contribution in [0.4, 0.5) is 0 Å². The number of carbonyl (C=O) groups excluding carboxylic acids is 1. The summed E-state index contributed by atoms with van der Waals surface area (Å²) < 4.78 is 26.6. The molecule has 2 aromatic rings. The van der Waals surface area contributed by atoms with Crippen molar-refractivity contribution in [2.24, 2.45) is 5.92 Å². The third-order valence-corrected chi connectivity index (χ3v) is 7.06. The molecule has 1 amide bonds. The van der Waals surface area contributed by atoms with E-state index >= 15 is 0 Å². The van der Waals surface area contributed by atoms with Gasteiger partial charge in [0.25, 0.3) is 0 Å². The van der Waals surface area contributed by atoms with Gasteiger partial charge in [0.05, 0.1) is 6.04 Å². The number of sulfonamides is 1. The molecule has 0 aromatic heterocycles. The van der Waals surface area contributed by atoms with Crippen LogP contribution in [0.5, 0.6) is 0 Å². The van der Waals surface area contributed by atoms with E-state index in [1.54, 1.807) is 12.1 Å². The third kappa shape index (κ3) is 5.69.